The molecule has 0 aromatic carbocycles. The van der Waals surface area contributed by atoms with E-state index in [1.54, 1.807) is 6.07 Å². The van der Waals surface area contributed by atoms with Gasteiger partial charge in [-0.1, -0.05) is 0 Å². The van der Waals surface area contributed by atoms with Gasteiger partial charge >= 0.3 is 6.61 Å². The number of ether oxygens (including phenoxy) is 2. The summed E-state index contributed by atoms with van der Waals surface area (Å²) in [6.07, 6.45) is 6.15. The Morgan fingerprint density at radius 2 is 2.15 bits per heavy atom. The number of nitrogens with zero attached hydrogens (tertiary/aromatic N) is 1. The molecule has 0 bridgehead atoms. The average Bonchev–Trinajstić information content (AvgIpc) is 3.25. The van der Waals surface area contributed by atoms with E-state index < -0.39 is 6.61 Å². The van der Waals surface area contributed by atoms with Crippen molar-refractivity contribution in [3.8, 4) is 5.75 Å². The third-order valence-electron chi connectivity index (χ3n) is 3.78. The number of halogens is 2. The summed E-state index contributed by atoms with van der Waals surface area (Å²) < 4.78 is 34.1. The van der Waals surface area contributed by atoms with Crippen LogP contribution in [-0.4, -0.2) is 30.3 Å². The standard InChI is InChI=1S/C14H18F2N2O2/c15-14(16)20-11-3-4-13(17-8-11)18-10-5-6-19-12(7-10)9-1-2-9/h3-4,8-10,12,14H,1-2,5-7H2,(H,17,18). The van der Waals surface area contributed by atoms with Crippen molar-refractivity contribution < 1.29 is 18.3 Å². The monoisotopic (exact) mass is 284 g/mol. The van der Waals surface area contributed by atoms with Crippen molar-refractivity contribution in [3.63, 3.8) is 0 Å². The van der Waals surface area contributed by atoms with Crippen LogP contribution in [0.15, 0.2) is 18.3 Å². The molecular formula is C14H18F2N2O2. The SMILES string of the molecule is FC(F)Oc1ccc(NC2CCOC(C3CC3)C2)nc1. The van der Waals surface area contributed by atoms with E-state index in [4.69, 9.17) is 4.74 Å². The third kappa shape index (κ3) is 3.56. The maximum Gasteiger partial charge on any atom is 0.387 e. The molecule has 1 saturated carbocycles. The summed E-state index contributed by atoms with van der Waals surface area (Å²) in [5.41, 5.74) is 0. The van der Waals surface area contributed by atoms with Gasteiger partial charge in [-0.2, -0.15) is 8.78 Å². The fraction of sp³-hybridized carbons (Fsp3) is 0.643. The third-order valence-corrected chi connectivity index (χ3v) is 3.78. The molecule has 1 aliphatic carbocycles. The second kappa shape index (κ2) is 5.91. The molecule has 2 aliphatic rings. The van der Waals surface area contributed by atoms with Crippen LogP contribution in [0.5, 0.6) is 5.75 Å². The molecule has 1 aliphatic heterocycles. The molecule has 0 spiro atoms. The predicted molar refractivity (Wildman–Crippen MR) is 70.0 cm³/mol. The molecule has 20 heavy (non-hydrogen) atoms. The summed E-state index contributed by atoms with van der Waals surface area (Å²) >= 11 is 0. The minimum Gasteiger partial charge on any atom is -0.433 e. The Labute approximate surface area is 116 Å². The zero-order valence-corrected chi connectivity index (χ0v) is 11.1. The molecule has 3 rings (SSSR count). The molecule has 2 heterocycles. The van der Waals surface area contributed by atoms with E-state index in [1.165, 1.54) is 25.1 Å². The molecule has 6 heteroatoms. The topological polar surface area (TPSA) is 43.4 Å². The Morgan fingerprint density at radius 1 is 1.30 bits per heavy atom. The van der Waals surface area contributed by atoms with E-state index in [0.29, 0.717) is 18.0 Å². The van der Waals surface area contributed by atoms with E-state index in [1.807, 2.05) is 0 Å². The molecular weight excluding hydrogens is 266 g/mol. The van der Waals surface area contributed by atoms with Gasteiger partial charge in [0.15, 0.2) is 0 Å². The number of nitrogens with one attached hydrogen (secondary N) is 1. The van der Waals surface area contributed by atoms with Crippen molar-refractivity contribution in [2.45, 2.75) is 44.4 Å². The number of aromatic nitrogens is 1. The normalized spacial score (nSPS) is 26.6. The summed E-state index contributed by atoms with van der Waals surface area (Å²) in [5.74, 6) is 1.50. The summed E-state index contributed by atoms with van der Waals surface area (Å²) in [5, 5.41) is 3.34. The lowest BCUT2D eigenvalue weighted by Crippen LogP contribution is -2.35. The molecule has 0 radical (unpaired) electrons. The van der Waals surface area contributed by atoms with E-state index in [-0.39, 0.29) is 5.75 Å². The Hall–Kier alpha value is -1.43. The van der Waals surface area contributed by atoms with Gasteiger partial charge in [0.1, 0.15) is 11.6 Å². The molecule has 2 atom stereocenters. The molecule has 0 amide bonds. The zero-order chi connectivity index (χ0) is 13.9. The van der Waals surface area contributed by atoms with Gasteiger partial charge in [0.2, 0.25) is 0 Å². The molecule has 2 unspecified atom stereocenters. The number of pyridine rings is 1. The molecule has 1 saturated heterocycles. The highest BCUT2D eigenvalue weighted by atomic mass is 19.3. The largest absolute Gasteiger partial charge is 0.433 e. The molecule has 1 aromatic rings. The second-order valence-corrected chi connectivity index (χ2v) is 5.37. The fourth-order valence-electron chi connectivity index (χ4n) is 2.60. The lowest BCUT2D eigenvalue weighted by atomic mass is 10.00. The molecule has 4 nitrogen and oxygen atoms in total. The smallest absolute Gasteiger partial charge is 0.387 e. The summed E-state index contributed by atoms with van der Waals surface area (Å²) in [6, 6.07) is 3.50. The van der Waals surface area contributed by atoms with Gasteiger partial charge in [-0.05, 0) is 43.7 Å². The van der Waals surface area contributed by atoms with Crippen LogP contribution in [0.1, 0.15) is 25.7 Å². The average molecular weight is 284 g/mol. The van der Waals surface area contributed by atoms with Crippen LogP contribution in [0.4, 0.5) is 14.6 Å². The van der Waals surface area contributed by atoms with Crippen LogP contribution in [0.25, 0.3) is 0 Å². The maximum absolute atomic E-state index is 12.0. The van der Waals surface area contributed by atoms with Crippen molar-refractivity contribution >= 4 is 5.82 Å². The number of rotatable bonds is 5. The van der Waals surface area contributed by atoms with Crippen LogP contribution in [0, 0.1) is 5.92 Å². The van der Waals surface area contributed by atoms with E-state index >= 15 is 0 Å². The van der Waals surface area contributed by atoms with Crippen LogP contribution in [0.3, 0.4) is 0 Å². The van der Waals surface area contributed by atoms with Crippen LogP contribution in [0.2, 0.25) is 0 Å². The van der Waals surface area contributed by atoms with Crippen molar-refractivity contribution in [3.05, 3.63) is 18.3 Å². The van der Waals surface area contributed by atoms with E-state index in [2.05, 4.69) is 15.0 Å². The minimum atomic E-state index is -2.81. The Balaban J connectivity index is 1.54. The number of hydrogen-bond donors (Lipinski definition) is 1. The summed E-state index contributed by atoms with van der Waals surface area (Å²) in [7, 11) is 0. The predicted octanol–water partition coefficient (Wildman–Crippen LogP) is 3.05. The lowest BCUT2D eigenvalue weighted by molar-refractivity contribution is -0.0500. The first-order valence-corrected chi connectivity index (χ1v) is 7.00. The van der Waals surface area contributed by atoms with Gasteiger partial charge in [0, 0.05) is 12.6 Å². The van der Waals surface area contributed by atoms with E-state index in [9.17, 15) is 8.78 Å². The molecule has 1 aromatic heterocycles. The van der Waals surface area contributed by atoms with Crippen LogP contribution < -0.4 is 10.1 Å². The molecule has 2 fully saturated rings. The first-order chi connectivity index (χ1) is 9.70. The second-order valence-electron chi connectivity index (χ2n) is 5.37. The van der Waals surface area contributed by atoms with Gasteiger partial charge in [-0.25, -0.2) is 4.98 Å². The highest BCUT2D eigenvalue weighted by Gasteiger charge is 2.35. The maximum atomic E-state index is 12.0. The van der Waals surface area contributed by atoms with Crippen molar-refractivity contribution in [2.75, 3.05) is 11.9 Å². The molecule has 110 valence electrons. The summed E-state index contributed by atoms with van der Waals surface area (Å²) in [6.45, 7) is -2.05. The van der Waals surface area contributed by atoms with Crippen LogP contribution >= 0.6 is 0 Å². The van der Waals surface area contributed by atoms with Crippen molar-refractivity contribution in [2.24, 2.45) is 5.92 Å². The highest BCUT2D eigenvalue weighted by Crippen LogP contribution is 2.38. The van der Waals surface area contributed by atoms with Gasteiger partial charge in [0.25, 0.3) is 0 Å². The lowest BCUT2D eigenvalue weighted by Gasteiger charge is -2.30. The molecule has 1 N–H and O–H groups in total. The quantitative estimate of drug-likeness (QED) is 0.902. The zero-order valence-electron chi connectivity index (χ0n) is 11.1. The first kappa shape index (κ1) is 13.5. The van der Waals surface area contributed by atoms with Gasteiger partial charge < -0.3 is 14.8 Å². The minimum absolute atomic E-state index is 0.0772. The van der Waals surface area contributed by atoms with Crippen LogP contribution in [-0.2, 0) is 4.74 Å². The number of hydrogen-bond acceptors (Lipinski definition) is 4. The highest BCUT2D eigenvalue weighted by molar-refractivity contribution is 5.38. The van der Waals surface area contributed by atoms with Gasteiger partial charge in [-0.15, -0.1) is 0 Å². The van der Waals surface area contributed by atoms with Crippen molar-refractivity contribution in [1.82, 2.24) is 4.98 Å². The Kier molecular flexibility index (Phi) is 4.00. The fourth-order valence-corrected chi connectivity index (χ4v) is 2.60. The van der Waals surface area contributed by atoms with Crippen molar-refractivity contribution in [1.29, 1.82) is 0 Å². The number of anilines is 1. The Bertz CT molecular complexity index is 437. The first-order valence-electron chi connectivity index (χ1n) is 7.00. The van der Waals surface area contributed by atoms with Gasteiger partial charge in [-0.3, -0.25) is 0 Å². The van der Waals surface area contributed by atoms with Gasteiger partial charge in [0.05, 0.1) is 12.3 Å². The Morgan fingerprint density at radius 3 is 2.80 bits per heavy atom. The van der Waals surface area contributed by atoms with E-state index in [0.717, 1.165) is 25.4 Å². The summed E-state index contributed by atoms with van der Waals surface area (Å²) in [4.78, 5) is 4.10. The number of alkyl halides is 2.